The Hall–Kier alpha value is -1.68. The van der Waals surface area contributed by atoms with Crippen LogP contribution in [0, 0.1) is 6.92 Å². The SMILES string of the molecule is Cc1cn(C)c2cc(O)c(O)c(Cl)c2c1=O. The standard InChI is InChI=1S/C11H10ClNO3/c1-5-4-13(2)6-3-7(14)11(16)9(12)8(6)10(5)15/h3-4,14,16H,1-2H3. The summed E-state index contributed by atoms with van der Waals surface area (Å²) in [6, 6.07) is 1.32. The van der Waals surface area contributed by atoms with Crippen molar-refractivity contribution < 1.29 is 10.2 Å². The van der Waals surface area contributed by atoms with Gasteiger partial charge in [0.05, 0.1) is 15.9 Å². The van der Waals surface area contributed by atoms with Crippen molar-refractivity contribution in [1.29, 1.82) is 0 Å². The predicted octanol–water partition coefficient (Wildman–Crippen LogP) is 1.91. The van der Waals surface area contributed by atoms with E-state index in [1.165, 1.54) is 6.07 Å². The van der Waals surface area contributed by atoms with Gasteiger partial charge in [-0.25, -0.2) is 0 Å². The first-order chi connectivity index (χ1) is 7.43. The van der Waals surface area contributed by atoms with Crippen LogP contribution in [0.25, 0.3) is 10.9 Å². The molecule has 0 radical (unpaired) electrons. The average Bonchev–Trinajstić information content (AvgIpc) is 2.22. The summed E-state index contributed by atoms with van der Waals surface area (Å²) in [5.41, 5.74) is 0.770. The lowest BCUT2D eigenvalue weighted by Crippen LogP contribution is -2.10. The number of aromatic hydroxyl groups is 2. The van der Waals surface area contributed by atoms with E-state index in [0.717, 1.165) is 0 Å². The van der Waals surface area contributed by atoms with E-state index in [2.05, 4.69) is 0 Å². The van der Waals surface area contributed by atoms with Gasteiger partial charge in [0.2, 0.25) is 0 Å². The molecule has 0 saturated carbocycles. The summed E-state index contributed by atoms with van der Waals surface area (Å²) >= 11 is 5.86. The molecule has 84 valence electrons. The molecule has 0 unspecified atom stereocenters. The van der Waals surface area contributed by atoms with Gasteiger partial charge in [0.25, 0.3) is 0 Å². The first-order valence-corrected chi connectivity index (χ1v) is 5.01. The molecule has 2 N–H and O–H groups in total. The topological polar surface area (TPSA) is 62.5 Å². The van der Waals surface area contributed by atoms with Gasteiger partial charge in [0.15, 0.2) is 16.9 Å². The van der Waals surface area contributed by atoms with Crippen molar-refractivity contribution in [2.24, 2.45) is 7.05 Å². The number of hydrogen-bond acceptors (Lipinski definition) is 3. The van der Waals surface area contributed by atoms with Crippen molar-refractivity contribution in [3.8, 4) is 11.5 Å². The zero-order valence-electron chi connectivity index (χ0n) is 8.78. The van der Waals surface area contributed by atoms with Crippen LogP contribution in [0.4, 0.5) is 0 Å². The molecular formula is C11H10ClNO3. The largest absolute Gasteiger partial charge is 0.504 e. The van der Waals surface area contributed by atoms with Gasteiger partial charge in [-0.1, -0.05) is 11.6 Å². The van der Waals surface area contributed by atoms with E-state index in [-0.39, 0.29) is 21.6 Å². The van der Waals surface area contributed by atoms with Gasteiger partial charge in [-0.05, 0) is 6.92 Å². The normalized spacial score (nSPS) is 10.9. The lowest BCUT2D eigenvalue weighted by atomic mass is 10.1. The zero-order valence-corrected chi connectivity index (χ0v) is 9.54. The number of aryl methyl sites for hydroxylation is 2. The summed E-state index contributed by atoms with van der Waals surface area (Å²) < 4.78 is 1.68. The van der Waals surface area contributed by atoms with Crippen LogP contribution in [0.15, 0.2) is 17.1 Å². The summed E-state index contributed by atoms with van der Waals surface area (Å²) in [6.45, 7) is 1.67. The van der Waals surface area contributed by atoms with Crippen molar-refractivity contribution in [1.82, 2.24) is 4.57 Å². The highest BCUT2D eigenvalue weighted by atomic mass is 35.5. The number of nitrogens with zero attached hydrogens (tertiary/aromatic N) is 1. The van der Waals surface area contributed by atoms with Gasteiger partial charge < -0.3 is 14.8 Å². The van der Waals surface area contributed by atoms with Gasteiger partial charge in [-0.15, -0.1) is 0 Å². The van der Waals surface area contributed by atoms with Gasteiger partial charge in [0, 0.05) is 24.9 Å². The maximum atomic E-state index is 11.9. The van der Waals surface area contributed by atoms with Gasteiger partial charge >= 0.3 is 0 Å². The van der Waals surface area contributed by atoms with Crippen LogP contribution in [-0.2, 0) is 7.05 Å². The number of halogens is 1. The molecule has 1 heterocycles. The van der Waals surface area contributed by atoms with Crippen molar-refractivity contribution in [2.75, 3.05) is 0 Å². The lowest BCUT2D eigenvalue weighted by Gasteiger charge is -2.10. The fraction of sp³-hybridized carbons (Fsp3) is 0.182. The highest BCUT2D eigenvalue weighted by Gasteiger charge is 2.15. The Balaban J connectivity index is 3.14. The summed E-state index contributed by atoms with van der Waals surface area (Å²) in [4.78, 5) is 11.9. The maximum absolute atomic E-state index is 11.9. The Labute approximate surface area is 96.3 Å². The number of rotatable bonds is 0. The first-order valence-electron chi connectivity index (χ1n) is 4.64. The quantitative estimate of drug-likeness (QED) is 0.691. The highest BCUT2D eigenvalue weighted by Crippen LogP contribution is 2.37. The van der Waals surface area contributed by atoms with Crippen LogP contribution < -0.4 is 5.43 Å². The fourth-order valence-corrected chi connectivity index (χ4v) is 2.00. The van der Waals surface area contributed by atoms with Crippen molar-refractivity contribution in [3.05, 3.63) is 33.1 Å². The predicted molar refractivity (Wildman–Crippen MR) is 62.3 cm³/mol. The summed E-state index contributed by atoms with van der Waals surface area (Å²) in [7, 11) is 1.74. The highest BCUT2D eigenvalue weighted by molar-refractivity contribution is 6.37. The molecule has 0 spiro atoms. The molecule has 2 aromatic rings. The van der Waals surface area contributed by atoms with Crippen molar-refractivity contribution in [2.45, 2.75) is 6.92 Å². The molecule has 0 aliphatic heterocycles. The van der Waals surface area contributed by atoms with Gasteiger partial charge in [-0.3, -0.25) is 4.79 Å². The van der Waals surface area contributed by atoms with E-state index in [1.807, 2.05) is 0 Å². The van der Waals surface area contributed by atoms with E-state index < -0.39 is 5.75 Å². The van der Waals surface area contributed by atoms with E-state index >= 15 is 0 Å². The number of phenols is 2. The number of benzene rings is 1. The third-order valence-corrected chi connectivity index (χ3v) is 2.92. The second-order valence-corrected chi connectivity index (χ2v) is 4.08. The summed E-state index contributed by atoms with van der Waals surface area (Å²) in [6.07, 6.45) is 1.65. The first kappa shape index (κ1) is 10.8. The van der Waals surface area contributed by atoms with Crippen LogP contribution >= 0.6 is 11.6 Å². The molecular weight excluding hydrogens is 230 g/mol. The Bertz CT molecular complexity index is 646. The van der Waals surface area contributed by atoms with E-state index in [4.69, 9.17) is 11.6 Å². The minimum absolute atomic E-state index is 0.112. The van der Waals surface area contributed by atoms with Crippen LogP contribution in [0.3, 0.4) is 0 Å². The molecule has 0 saturated heterocycles. The summed E-state index contributed by atoms with van der Waals surface area (Å²) in [5.74, 6) is -0.798. The lowest BCUT2D eigenvalue weighted by molar-refractivity contribution is 0.405. The minimum atomic E-state index is -0.461. The van der Waals surface area contributed by atoms with Crippen LogP contribution in [0.1, 0.15) is 5.56 Å². The van der Waals surface area contributed by atoms with Crippen LogP contribution in [0.5, 0.6) is 11.5 Å². The Morgan fingerprint density at radius 3 is 2.62 bits per heavy atom. The molecule has 1 aromatic carbocycles. The zero-order chi connectivity index (χ0) is 12.0. The van der Waals surface area contributed by atoms with Crippen molar-refractivity contribution in [3.63, 3.8) is 0 Å². The second-order valence-electron chi connectivity index (χ2n) is 3.70. The molecule has 16 heavy (non-hydrogen) atoms. The van der Waals surface area contributed by atoms with Gasteiger partial charge in [-0.2, -0.15) is 0 Å². The molecule has 4 nitrogen and oxygen atoms in total. The molecule has 0 bridgehead atoms. The summed E-state index contributed by atoms with van der Waals surface area (Å²) in [5, 5.41) is 19.0. The Kier molecular flexibility index (Phi) is 2.31. The molecule has 1 aromatic heterocycles. The van der Waals surface area contributed by atoms with E-state index in [9.17, 15) is 15.0 Å². The number of aromatic nitrogens is 1. The van der Waals surface area contributed by atoms with Gasteiger partial charge in [0.1, 0.15) is 0 Å². The number of phenolic OH excluding ortho intramolecular Hbond substituents is 2. The number of fused-ring (bicyclic) bond motifs is 1. The van der Waals surface area contributed by atoms with Crippen LogP contribution in [0.2, 0.25) is 5.02 Å². The Morgan fingerprint density at radius 2 is 2.00 bits per heavy atom. The third kappa shape index (κ3) is 1.34. The maximum Gasteiger partial charge on any atom is 0.193 e. The molecule has 0 fully saturated rings. The minimum Gasteiger partial charge on any atom is -0.504 e. The number of pyridine rings is 1. The van der Waals surface area contributed by atoms with E-state index in [0.29, 0.717) is 11.1 Å². The molecule has 0 aliphatic carbocycles. The number of hydrogen-bond donors (Lipinski definition) is 2. The van der Waals surface area contributed by atoms with Crippen molar-refractivity contribution >= 4 is 22.5 Å². The molecule has 5 heteroatoms. The molecule has 0 amide bonds. The molecule has 0 aliphatic rings. The van der Waals surface area contributed by atoms with E-state index in [1.54, 1.807) is 24.7 Å². The monoisotopic (exact) mass is 239 g/mol. The third-order valence-electron chi connectivity index (χ3n) is 2.55. The second kappa shape index (κ2) is 3.42. The Morgan fingerprint density at radius 1 is 1.38 bits per heavy atom. The van der Waals surface area contributed by atoms with Crippen LogP contribution in [-0.4, -0.2) is 14.8 Å². The molecule has 0 atom stereocenters. The average molecular weight is 240 g/mol. The fourth-order valence-electron chi connectivity index (χ4n) is 1.72. The smallest absolute Gasteiger partial charge is 0.193 e. The molecule has 2 rings (SSSR count).